The average Bonchev–Trinajstić information content (AvgIpc) is 3.21. The number of ether oxygens (including phenoxy) is 2. The van der Waals surface area contributed by atoms with Gasteiger partial charge in [-0.2, -0.15) is 5.10 Å². The Bertz CT molecular complexity index is 1230. The fourth-order valence-electron chi connectivity index (χ4n) is 3.45. The number of hydrogen-bond acceptors (Lipinski definition) is 5. The predicted molar refractivity (Wildman–Crippen MR) is 114 cm³/mol. The van der Waals surface area contributed by atoms with E-state index in [-0.39, 0.29) is 5.56 Å². The molecule has 0 bridgehead atoms. The number of carboxylic acids is 1. The van der Waals surface area contributed by atoms with Crippen molar-refractivity contribution in [2.24, 2.45) is 0 Å². The SMILES string of the molecule is CCc1ccc(-c2[nH]nc3nc(-c4ccc(OC)c(OC)c4)cc(C(=O)O)c23)cc1. The molecule has 4 aromatic rings. The van der Waals surface area contributed by atoms with Gasteiger partial charge < -0.3 is 14.6 Å². The van der Waals surface area contributed by atoms with E-state index < -0.39 is 5.97 Å². The molecule has 0 fully saturated rings. The number of nitrogens with zero attached hydrogens (tertiary/aromatic N) is 2. The highest BCUT2D eigenvalue weighted by Crippen LogP contribution is 2.35. The minimum absolute atomic E-state index is 0.133. The number of benzene rings is 2. The van der Waals surface area contributed by atoms with Crippen molar-refractivity contribution in [3.8, 4) is 34.0 Å². The van der Waals surface area contributed by atoms with Gasteiger partial charge in [-0.15, -0.1) is 0 Å². The molecule has 2 heterocycles. The molecule has 7 heteroatoms. The molecular formula is C23H21N3O4. The Labute approximate surface area is 173 Å². The summed E-state index contributed by atoms with van der Waals surface area (Å²) in [6.45, 7) is 2.09. The summed E-state index contributed by atoms with van der Waals surface area (Å²) >= 11 is 0. The lowest BCUT2D eigenvalue weighted by molar-refractivity contribution is 0.0699. The summed E-state index contributed by atoms with van der Waals surface area (Å²) < 4.78 is 10.6. The van der Waals surface area contributed by atoms with Gasteiger partial charge in [0.05, 0.1) is 36.6 Å². The van der Waals surface area contributed by atoms with Crippen LogP contribution in [-0.4, -0.2) is 40.5 Å². The van der Waals surface area contributed by atoms with Crippen molar-refractivity contribution in [3.05, 3.63) is 59.7 Å². The van der Waals surface area contributed by atoms with Crippen LogP contribution < -0.4 is 9.47 Å². The summed E-state index contributed by atoms with van der Waals surface area (Å²) in [6.07, 6.45) is 0.931. The summed E-state index contributed by atoms with van der Waals surface area (Å²) in [6, 6.07) is 14.8. The smallest absolute Gasteiger partial charge is 0.336 e. The van der Waals surface area contributed by atoms with Gasteiger partial charge >= 0.3 is 5.97 Å². The molecule has 7 nitrogen and oxygen atoms in total. The molecule has 0 unspecified atom stereocenters. The number of aromatic amines is 1. The van der Waals surface area contributed by atoms with Gasteiger partial charge in [0, 0.05) is 11.1 Å². The third-order valence-corrected chi connectivity index (χ3v) is 5.08. The summed E-state index contributed by atoms with van der Waals surface area (Å²) in [5.41, 5.74) is 4.36. The van der Waals surface area contributed by atoms with Gasteiger partial charge in [0.25, 0.3) is 0 Å². The van der Waals surface area contributed by atoms with Crippen LogP contribution in [0.2, 0.25) is 0 Å². The molecule has 0 amide bonds. The standard InChI is InChI=1S/C23H21N3O4/c1-4-13-5-7-14(8-6-13)21-20-16(23(27)28)12-17(24-22(20)26-25-21)15-9-10-18(29-2)19(11-15)30-3/h5-12H,4H2,1-3H3,(H,27,28)(H,24,25,26). The van der Waals surface area contributed by atoms with Crippen LogP contribution in [0.25, 0.3) is 33.5 Å². The fourth-order valence-corrected chi connectivity index (χ4v) is 3.45. The fraction of sp³-hybridized carbons (Fsp3) is 0.174. The first-order valence-electron chi connectivity index (χ1n) is 9.49. The number of carbonyl (C=O) groups is 1. The van der Waals surface area contributed by atoms with Gasteiger partial charge in [0.2, 0.25) is 0 Å². The van der Waals surface area contributed by atoms with Gasteiger partial charge in [0.1, 0.15) is 0 Å². The molecule has 30 heavy (non-hydrogen) atoms. The topological polar surface area (TPSA) is 97.3 Å². The van der Waals surface area contributed by atoms with E-state index in [0.717, 1.165) is 12.0 Å². The molecule has 0 radical (unpaired) electrons. The highest BCUT2D eigenvalue weighted by atomic mass is 16.5. The molecule has 4 rings (SSSR count). The van der Waals surface area contributed by atoms with Gasteiger partial charge in [-0.1, -0.05) is 31.2 Å². The molecule has 152 valence electrons. The second-order valence-corrected chi connectivity index (χ2v) is 6.78. The molecule has 0 atom stereocenters. The van der Waals surface area contributed by atoms with Crippen LogP contribution in [-0.2, 0) is 6.42 Å². The Hall–Kier alpha value is -3.87. The van der Waals surface area contributed by atoms with E-state index in [1.807, 2.05) is 24.3 Å². The number of aromatic carboxylic acids is 1. The zero-order chi connectivity index (χ0) is 21.3. The minimum atomic E-state index is -1.04. The van der Waals surface area contributed by atoms with E-state index in [1.54, 1.807) is 38.5 Å². The number of rotatable bonds is 6. The lowest BCUT2D eigenvalue weighted by Crippen LogP contribution is -2.00. The van der Waals surface area contributed by atoms with Crippen molar-refractivity contribution < 1.29 is 19.4 Å². The zero-order valence-corrected chi connectivity index (χ0v) is 16.9. The third kappa shape index (κ3) is 3.34. The summed E-state index contributed by atoms with van der Waals surface area (Å²) in [4.78, 5) is 16.7. The number of H-pyrrole nitrogens is 1. The van der Waals surface area contributed by atoms with Gasteiger partial charge in [0.15, 0.2) is 17.1 Å². The maximum Gasteiger partial charge on any atom is 0.336 e. The molecule has 0 aliphatic rings. The van der Waals surface area contributed by atoms with E-state index >= 15 is 0 Å². The molecule has 0 aliphatic heterocycles. The Kier molecular flexibility index (Phi) is 5.10. The van der Waals surface area contributed by atoms with Crippen LogP contribution in [0.1, 0.15) is 22.8 Å². The van der Waals surface area contributed by atoms with Crippen molar-refractivity contribution in [3.63, 3.8) is 0 Å². The van der Waals surface area contributed by atoms with Gasteiger partial charge in [-0.25, -0.2) is 9.78 Å². The van der Waals surface area contributed by atoms with Crippen molar-refractivity contribution in [2.45, 2.75) is 13.3 Å². The van der Waals surface area contributed by atoms with Crippen LogP contribution in [0.4, 0.5) is 0 Å². The van der Waals surface area contributed by atoms with E-state index in [2.05, 4.69) is 22.1 Å². The maximum atomic E-state index is 12.1. The second-order valence-electron chi connectivity index (χ2n) is 6.78. The quantitative estimate of drug-likeness (QED) is 0.489. The number of hydrogen-bond donors (Lipinski definition) is 2. The predicted octanol–water partition coefficient (Wildman–Crippen LogP) is 4.57. The summed E-state index contributed by atoms with van der Waals surface area (Å²) in [7, 11) is 3.10. The largest absolute Gasteiger partial charge is 0.493 e. The monoisotopic (exact) mass is 403 g/mol. The number of pyridine rings is 1. The van der Waals surface area contributed by atoms with Crippen molar-refractivity contribution >= 4 is 17.0 Å². The van der Waals surface area contributed by atoms with Crippen molar-refractivity contribution in [1.82, 2.24) is 15.2 Å². The van der Waals surface area contributed by atoms with E-state index in [0.29, 0.717) is 39.5 Å². The minimum Gasteiger partial charge on any atom is -0.493 e. The number of methoxy groups -OCH3 is 2. The van der Waals surface area contributed by atoms with Crippen LogP contribution in [0.3, 0.4) is 0 Å². The first kappa shape index (κ1) is 19.4. The Morgan fingerprint density at radius 3 is 2.33 bits per heavy atom. The normalized spacial score (nSPS) is 10.9. The van der Waals surface area contributed by atoms with Crippen molar-refractivity contribution in [1.29, 1.82) is 0 Å². The molecule has 0 saturated heterocycles. The first-order chi connectivity index (χ1) is 14.5. The lowest BCUT2D eigenvalue weighted by Gasteiger charge is -2.10. The van der Waals surface area contributed by atoms with Crippen LogP contribution in [0, 0.1) is 0 Å². The molecule has 0 spiro atoms. The zero-order valence-electron chi connectivity index (χ0n) is 16.9. The number of aryl methyl sites for hydroxylation is 1. The number of aromatic nitrogens is 3. The molecular weight excluding hydrogens is 382 g/mol. The molecule has 2 aromatic carbocycles. The second kappa shape index (κ2) is 7.87. The number of fused-ring (bicyclic) bond motifs is 1. The average molecular weight is 403 g/mol. The molecule has 2 aromatic heterocycles. The maximum absolute atomic E-state index is 12.1. The number of nitrogens with one attached hydrogen (secondary N) is 1. The van der Waals surface area contributed by atoms with Gasteiger partial charge in [-0.05, 0) is 36.2 Å². The summed E-state index contributed by atoms with van der Waals surface area (Å²) in [5, 5.41) is 17.6. The summed E-state index contributed by atoms with van der Waals surface area (Å²) in [5.74, 6) is 0.0721. The van der Waals surface area contributed by atoms with Crippen LogP contribution >= 0.6 is 0 Å². The highest BCUT2D eigenvalue weighted by molar-refractivity contribution is 6.08. The third-order valence-electron chi connectivity index (χ3n) is 5.08. The van der Waals surface area contributed by atoms with E-state index in [4.69, 9.17) is 9.47 Å². The van der Waals surface area contributed by atoms with Crippen molar-refractivity contribution in [2.75, 3.05) is 14.2 Å². The highest BCUT2D eigenvalue weighted by Gasteiger charge is 2.20. The Balaban J connectivity index is 1.88. The first-order valence-corrected chi connectivity index (χ1v) is 9.49. The molecule has 0 saturated carbocycles. The van der Waals surface area contributed by atoms with Crippen LogP contribution in [0.5, 0.6) is 11.5 Å². The Morgan fingerprint density at radius 1 is 1.00 bits per heavy atom. The van der Waals surface area contributed by atoms with E-state index in [1.165, 1.54) is 5.56 Å². The van der Waals surface area contributed by atoms with Crippen LogP contribution in [0.15, 0.2) is 48.5 Å². The number of carboxylic acid groups (broad SMARTS) is 1. The lowest BCUT2D eigenvalue weighted by atomic mass is 10.0. The van der Waals surface area contributed by atoms with Gasteiger partial charge in [-0.3, -0.25) is 5.10 Å². The van der Waals surface area contributed by atoms with E-state index in [9.17, 15) is 9.90 Å². The molecule has 2 N–H and O–H groups in total. The Morgan fingerprint density at radius 2 is 1.70 bits per heavy atom. The molecule has 0 aliphatic carbocycles.